The Morgan fingerprint density at radius 2 is 2.21 bits per heavy atom. The molecule has 0 spiro atoms. The van der Waals surface area contributed by atoms with E-state index in [4.69, 9.17) is 0 Å². The van der Waals surface area contributed by atoms with Crippen molar-refractivity contribution < 1.29 is 13.6 Å². The predicted octanol–water partition coefficient (Wildman–Crippen LogP) is 1.68. The van der Waals surface area contributed by atoms with Crippen molar-refractivity contribution in [3.63, 3.8) is 0 Å². The summed E-state index contributed by atoms with van der Waals surface area (Å²) in [7, 11) is 0. The fraction of sp³-hybridized carbons (Fsp3) is 0.750. The summed E-state index contributed by atoms with van der Waals surface area (Å²) in [5.41, 5.74) is 0. The summed E-state index contributed by atoms with van der Waals surface area (Å²) < 4.78 is 25.9. The molecule has 1 fully saturated rings. The monoisotopic (exact) mass is 272 g/mol. The Bertz CT molecular complexity index is 398. The third kappa shape index (κ3) is 4.25. The lowest BCUT2D eigenvalue weighted by Gasteiger charge is -2.27. The van der Waals surface area contributed by atoms with Crippen molar-refractivity contribution in [1.82, 2.24) is 20.5 Å². The van der Waals surface area contributed by atoms with Gasteiger partial charge in [-0.05, 0) is 19.3 Å². The van der Waals surface area contributed by atoms with Gasteiger partial charge >= 0.3 is 0 Å². The standard InChI is InChI=1S/C12H18F2N4O/c13-12(14)5-3-9(4-6-12)11(19)15-7-1-2-10-16-8-17-18-10/h8-9H,1-7H2,(H,15,19)(H,16,17,18). The van der Waals surface area contributed by atoms with Crippen LogP contribution in [-0.4, -0.2) is 33.6 Å². The van der Waals surface area contributed by atoms with Gasteiger partial charge in [-0.25, -0.2) is 13.8 Å². The molecule has 0 atom stereocenters. The van der Waals surface area contributed by atoms with Gasteiger partial charge in [0.25, 0.3) is 0 Å². The van der Waals surface area contributed by atoms with E-state index in [9.17, 15) is 13.6 Å². The SMILES string of the molecule is O=C(NCCCc1ncn[nH]1)C1CCC(F)(F)CC1. The summed E-state index contributed by atoms with van der Waals surface area (Å²) in [6.07, 6.45) is 3.11. The highest BCUT2D eigenvalue weighted by molar-refractivity contribution is 5.78. The van der Waals surface area contributed by atoms with Crippen LogP contribution in [0.1, 0.15) is 37.9 Å². The van der Waals surface area contributed by atoms with Gasteiger partial charge in [-0.1, -0.05) is 0 Å². The molecule has 0 saturated heterocycles. The number of aryl methyl sites for hydroxylation is 1. The van der Waals surface area contributed by atoms with Crippen LogP contribution in [-0.2, 0) is 11.2 Å². The quantitative estimate of drug-likeness (QED) is 0.801. The Balaban J connectivity index is 1.62. The van der Waals surface area contributed by atoms with Crippen molar-refractivity contribution in [2.75, 3.05) is 6.54 Å². The largest absolute Gasteiger partial charge is 0.356 e. The van der Waals surface area contributed by atoms with E-state index in [-0.39, 0.29) is 37.5 Å². The second-order valence-corrected chi connectivity index (χ2v) is 4.96. The summed E-state index contributed by atoms with van der Waals surface area (Å²) in [4.78, 5) is 15.8. The first-order valence-corrected chi connectivity index (χ1v) is 6.57. The molecule has 5 nitrogen and oxygen atoms in total. The minimum atomic E-state index is -2.58. The van der Waals surface area contributed by atoms with E-state index in [0.717, 1.165) is 12.2 Å². The molecule has 1 saturated carbocycles. The zero-order valence-corrected chi connectivity index (χ0v) is 10.7. The highest BCUT2D eigenvalue weighted by Crippen LogP contribution is 2.36. The number of alkyl halides is 2. The van der Waals surface area contributed by atoms with Gasteiger partial charge in [0.2, 0.25) is 11.8 Å². The minimum absolute atomic E-state index is 0.104. The molecule has 106 valence electrons. The van der Waals surface area contributed by atoms with E-state index in [0.29, 0.717) is 13.0 Å². The van der Waals surface area contributed by atoms with Crippen LogP contribution < -0.4 is 5.32 Å². The number of hydrogen-bond acceptors (Lipinski definition) is 3. The molecule has 0 unspecified atom stereocenters. The zero-order chi connectivity index (χ0) is 13.7. The molecule has 2 rings (SSSR count). The average molecular weight is 272 g/mol. The number of carbonyl (C=O) groups excluding carboxylic acids is 1. The van der Waals surface area contributed by atoms with Crippen LogP contribution >= 0.6 is 0 Å². The Morgan fingerprint density at radius 1 is 1.47 bits per heavy atom. The average Bonchev–Trinajstić information content (AvgIpc) is 2.87. The van der Waals surface area contributed by atoms with Gasteiger partial charge in [-0.2, -0.15) is 5.10 Å². The van der Waals surface area contributed by atoms with Crippen LogP contribution in [0.3, 0.4) is 0 Å². The minimum Gasteiger partial charge on any atom is -0.356 e. The van der Waals surface area contributed by atoms with E-state index < -0.39 is 5.92 Å². The predicted molar refractivity (Wildman–Crippen MR) is 64.6 cm³/mol. The number of H-pyrrole nitrogens is 1. The van der Waals surface area contributed by atoms with Gasteiger partial charge in [0.15, 0.2) is 0 Å². The summed E-state index contributed by atoms with van der Waals surface area (Å²) in [6, 6.07) is 0. The third-order valence-corrected chi connectivity index (χ3v) is 3.44. The van der Waals surface area contributed by atoms with Gasteiger partial charge in [-0.15, -0.1) is 0 Å². The molecule has 0 aromatic carbocycles. The van der Waals surface area contributed by atoms with Crippen molar-refractivity contribution in [3.8, 4) is 0 Å². The lowest BCUT2D eigenvalue weighted by Crippen LogP contribution is -2.36. The van der Waals surface area contributed by atoms with Crippen molar-refractivity contribution in [2.24, 2.45) is 5.92 Å². The first-order valence-electron chi connectivity index (χ1n) is 6.57. The van der Waals surface area contributed by atoms with Gasteiger partial charge in [0.1, 0.15) is 12.2 Å². The van der Waals surface area contributed by atoms with Crippen molar-refractivity contribution in [1.29, 1.82) is 0 Å². The van der Waals surface area contributed by atoms with Gasteiger partial charge in [0, 0.05) is 31.7 Å². The smallest absolute Gasteiger partial charge is 0.248 e. The molecular formula is C12H18F2N4O. The van der Waals surface area contributed by atoms with Crippen LogP contribution in [0.25, 0.3) is 0 Å². The maximum atomic E-state index is 13.0. The number of rotatable bonds is 5. The number of aromatic amines is 1. The maximum absolute atomic E-state index is 13.0. The van der Waals surface area contributed by atoms with Crippen LogP contribution in [0.4, 0.5) is 8.78 Å². The van der Waals surface area contributed by atoms with E-state index in [1.54, 1.807) is 0 Å². The van der Waals surface area contributed by atoms with Crippen LogP contribution in [0.5, 0.6) is 0 Å². The van der Waals surface area contributed by atoms with Crippen LogP contribution in [0.15, 0.2) is 6.33 Å². The van der Waals surface area contributed by atoms with Gasteiger partial charge in [0.05, 0.1) is 0 Å². The molecular weight excluding hydrogens is 254 g/mol. The van der Waals surface area contributed by atoms with E-state index >= 15 is 0 Å². The van der Waals surface area contributed by atoms with E-state index in [1.165, 1.54) is 6.33 Å². The van der Waals surface area contributed by atoms with Crippen LogP contribution in [0.2, 0.25) is 0 Å². The second kappa shape index (κ2) is 6.08. The van der Waals surface area contributed by atoms with Gasteiger partial charge in [-0.3, -0.25) is 9.89 Å². The lowest BCUT2D eigenvalue weighted by molar-refractivity contribution is -0.129. The highest BCUT2D eigenvalue weighted by Gasteiger charge is 2.37. The number of amides is 1. The fourth-order valence-corrected chi connectivity index (χ4v) is 2.27. The first kappa shape index (κ1) is 13.9. The van der Waals surface area contributed by atoms with E-state index in [1.807, 2.05) is 0 Å². The molecule has 1 amide bonds. The number of aromatic nitrogens is 3. The van der Waals surface area contributed by atoms with Crippen molar-refractivity contribution in [2.45, 2.75) is 44.4 Å². The third-order valence-electron chi connectivity index (χ3n) is 3.44. The normalized spacial score (nSPS) is 19.3. The molecule has 1 aliphatic rings. The fourth-order valence-electron chi connectivity index (χ4n) is 2.27. The number of carbonyl (C=O) groups is 1. The molecule has 0 radical (unpaired) electrons. The molecule has 0 bridgehead atoms. The Hall–Kier alpha value is -1.53. The van der Waals surface area contributed by atoms with Crippen LogP contribution in [0, 0.1) is 5.92 Å². The highest BCUT2D eigenvalue weighted by atomic mass is 19.3. The number of hydrogen-bond donors (Lipinski definition) is 2. The number of nitrogens with zero attached hydrogens (tertiary/aromatic N) is 2. The number of halogens is 2. The maximum Gasteiger partial charge on any atom is 0.248 e. The summed E-state index contributed by atoms with van der Waals surface area (Å²) >= 11 is 0. The summed E-state index contributed by atoms with van der Waals surface area (Å²) in [6.45, 7) is 0.534. The summed E-state index contributed by atoms with van der Waals surface area (Å²) in [5, 5.41) is 9.27. The van der Waals surface area contributed by atoms with Crippen molar-refractivity contribution in [3.05, 3.63) is 12.2 Å². The lowest BCUT2D eigenvalue weighted by atomic mass is 9.86. The van der Waals surface area contributed by atoms with Crippen molar-refractivity contribution >= 4 is 5.91 Å². The van der Waals surface area contributed by atoms with E-state index in [2.05, 4.69) is 20.5 Å². The molecule has 2 N–H and O–H groups in total. The topological polar surface area (TPSA) is 70.7 Å². The summed E-state index contributed by atoms with van der Waals surface area (Å²) in [5.74, 6) is -2.16. The molecule has 1 aromatic rings. The Morgan fingerprint density at radius 3 is 2.84 bits per heavy atom. The Labute approximate surface area is 110 Å². The molecule has 1 heterocycles. The molecule has 1 aliphatic carbocycles. The molecule has 19 heavy (non-hydrogen) atoms. The number of nitrogens with one attached hydrogen (secondary N) is 2. The molecule has 7 heteroatoms. The van der Waals surface area contributed by atoms with Gasteiger partial charge < -0.3 is 5.32 Å². The first-order chi connectivity index (χ1) is 9.07. The Kier molecular flexibility index (Phi) is 4.44. The zero-order valence-electron chi connectivity index (χ0n) is 10.7. The molecule has 1 aromatic heterocycles. The second-order valence-electron chi connectivity index (χ2n) is 4.96. The molecule has 0 aliphatic heterocycles.